The number of aliphatic carboxylic acids is 1. The predicted molar refractivity (Wildman–Crippen MR) is 292 cm³/mol. The van der Waals surface area contributed by atoms with Crippen LogP contribution in [0.15, 0.2) is 134 Å². The zero-order chi connectivity index (χ0) is 51.3. The molecule has 0 N–H and O–H groups in total. The minimum atomic E-state index is -1.65. The van der Waals surface area contributed by atoms with E-state index >= 15 is 0 Å². The van der Waals surface area contributed by atoms with Crippen LogP contribution in [0.3, 0.4) is 0 Å². The number of carboxylic acids is 1. The zero-order valence-corrected chi connectivity index (χ0v) is 44.6. The van der Waals surface area contributed by atoms with Crippen molar-refractivity contribution in [3.8, 4) is 0 Å². The molecule has 0 rings (SSSR count). The fourth-order valence-corrected chi connectivity index (χ4v) is 6.51. The predicted octanol–water partition coefficient (Wildman–Crippen LogP) is 14.2. The Labute approximate surface area is 427 Å². The van der Waals surface area contributed by atoms with E-state index in [2.05, 4.69) is 141 Å². The van der Waals surface area contributed by atoms with Crippen molar-refractivity contribution in [2.24, 2.45) is 0 Å². The SMILES string of the molecule is CC/C=C\C/C=C\C/C=C\C/C=C\C/C=C\C/C=C\C/C=C\C/C=C\C/C=C\CCCC(=O)OC(COC(=O)CCCCCCC/C=C\C/C=C\CCCCCC)COC(OCC[N+](C)(C)C)C(=O)[O-]. The van der Waals surface area contributed by atoms with Crippen molar-refractivity contribution in [2.45, 2.75) is 187 Å². The van der Waals surface area contributed by atoms with Gasteiger partial charge in [0, 0.05) is 12.8 Å². The highest BCUT2D eigenvalue weighted by Crippen LogP contribution is 2.11. The van der Waals surface area contributed by atoms with Crippen LogP contribution in [-0.2, 0) is 33.3 Å². The summed E-state index contributed by atoms with van der Waals surface area (Å²) in [7, 11) is 5.88. The number of likely N-dealkylation sites (N-methyl/N-ethyl adjacent to an activating group) is 1. The summed E-state index contributed by atoms with van der Waals surface area (Å²) < 4.78 is 22.5. The Bertz CT molecular complexity index is 1600. The fraction of sp³-hybridized carbons (Fsp3) is 0.590. The lowest BCUT2D eigenvalue weighted by atomic mass is 10.1. The molecule has 2 unspecified atom stereocenters. The second-order valence-corrected chi connectivity index (χ2v) is 18.4. The third-order valence-corrected chi connectivity index (χ3v) is 10.6. The number of carboxylic acid groups (broad SMARTS) is 1. The summed E-state index contributed by atoms with van der Waals surface area (Å²) in [6.07, 6.45) is 69.3. The summed E-state index contributed by atoms with van der Waals surface area (Å²) in [5, 5.41) is 11.7. The quantitative estimate of drug-likeness (QED) is 0.0195. The van der Waals surface area contributed by atoms with Gasteiger partial charge in [0.25, 0.3) is 0 Å². The Balaban J connectivity index is 4.47. The lowest BCUT2D eigenvalue weighted by molar-refractivity contribution is -0.870. The van der Waals surface area contributed by atoms with Gasteiger partial charge in [-0.25, -0.2) is 0 Å². The molecular weight excluding hydrogens is 875 g/mol. The Morgan fingerprint density at radius 2 is 0.829 bits per heavy atom. The first-order valence-corrected chi connectivity index (χ1v) is 26.8. The molecule has 70 heavy (non-hydrogen) atoms. The largest absolute Gasteiger partial charge is 0.545 e. The van der Waals surface area contributed by atoms with E-state index in [1.165, 1.54) is 32.1 Å². The molecule has 0 spiro atoms. The topological polar surface area (TPSA) is 111 Å². The van der Waals surface area contributed by atoms with Crippen LogP contribution >= 0.6 is 0 Å². The van der Waals surface area contributed by atoms with Gasteiger partial charge in [0.05, 0.1) is 40.3 Å². The molecule has 0 bridgehead atoms. The molecule has 0 aliphatic rings. The normalized spacial score (nSPS) is 13.9. The second kappa shape index (κ2) is 50.8. The van der Waals surface area contributed by atoms with Crippen molar-refractivity contribution >= 4 is 17.9 Å². The summed E-state index contributed by atoms with van der Waals surface area (Å²) in [4.78, 5) is 37.2. The highest BCUT2D eigenvalue weighted by molar-refractivity contribution is 5.70. The average molecular weight is 972 g/mol. The molecule has 0 saturated carbocycles. The van der Waals surface area contributed by atoms with E-state index in [9.17, 15) is 19.5 Å². The molecule has 9 heteroatoms. The van der Waals surface area contributed by atoms with Crippen LogP contribution in [-0.4, -0.2) is 82.3 Å². The van der Waals surface area contributed by atoms with Gasteiger partial charge < -0.3 is 33.3 Å². The Kier molecular flexibility index (Phi) is 47.5. The average Bonchev–Trinajstić information content (AvgIpc) is 3.33. The molecule has 0 amide bonds. The number of hydrogen-bond acceptors (Lipinski definition) is 8. The molecule has 0 heterocycles. The van der Waals surface area contributed by atoms with Gasteiger partial charge in [0.15, 0.2) is 12.4 Å². The van der Waals surface area contributed by atoms with Gasteiger partial charge in [-0.2, -0.15) is 0 Å². The van der Waals surface area contributed by atoms with Crippen molar-refractivity contribution in [1.82, 2.24) is 0 Å². The number of carbonyl (C=O) groups is 3. The number of rotatable bonds is 47. The van der Waals surface area contributed by atoms with Crippen molar-refractivity contribution < 1.29 is 42.9 Å². The summed E-state index contributed by atoms with van der Waals surface area (Å²) in [5.41, 5.74) is 0. The van der Waals surface area contributed by atoms with Crippen molar-refractivity contribution in [1.29, 1.82) is 0 Å². The van der Waals surface area contributed by atoms with Crippen LogP contribution in [0.4, 0.5) is 0 Å². The number of unbranched alkanes of at least 4 members (excludes halogenated alkanes) is 10. The van der Waals surface area contributed by atoms with Gasteiger partial charge in [-0.3, -0.25) is 9.59 Å². The van der Waals surface area contributed by atoms with E-state index < -0.39 is 30.3 Å². The molecule has 394 valence electrons. The molecular formula is C61H97NO8. The highest BCUT2D eigenvalue weighted by atomic mass is 16.7. The number of hydrogen-bond donors (Lipinski definition) is 0. The number of allylic oxidation sites excluding steroid dienone is 22. The van der Waals surface area contributed by atoms with Crippen LogP contribution in [0.2, 0.25) is 0 Å². The Morgan fingerprint density at radius 1 is 0.443 bits per heavy atom. The first-order chi connectivity index (χ1) is 34.1. The van der Waals surface area contributed by atoms with Gasteiger partial charge in [-0.05, 0) is 109 Å². The van der Waals surface area contributed by atoms with Gasteiger partial charge in [-0.1, -0.05) is 186 Å². The van der Waals surface area contributed by atoms with Crippen LogP contribution in [0.5, 0.6) is 0 Å². The lowest BCUT2D eigenvalue weighted by Crippen LogP contribution is -2.44. The van der Waals surface area contributed by atoms with E-state index in [1.807, 2.05) is 27.2 Å². The van der Waals surface area contributed by atoms with E-state index in [-0.39, 0.29) is 32.7 Å². The molecule has 0 aromatic heterocycles. The monoisotopic (exact) mass is 972 g/mol. The summed E-state index contributed by atoms with van der Waals surface area (Å²) in [6, 6.07) is 0. The van der Waals surface area contributed by atoms with Crippen molar-refractivity contribution in [3.63, 3.8) is 0 Å². The highest BCUT2D eigenvalue weighted by Gasteiger charge is 2.21. The Morgan fingerprint density at radius 3 is 1.26 bits per heavy atom. The van der Waals surface area contributed by atoms with Gasteiger partial charge in [0.1, 0.15) is 13.2 Å². The molecule has 0 aliphatic carbocycles. The molecule has 0 aromatic rings. The van der Waals surface area contributed by atoms with E-state index in [0.29, 0.717) is 30.3 Å². The molecule has 0 radical (unpaired) electrons. The van der Waals surface area contributed by atoms with E-state index in [4.69, 9.17) is 18.9 Å². The van der Waals surface area contributed by atoms with Gasteiger partial charge in [0.2, 0.25) is 0 Å². The molecule has 2 atom stereocenters. The first-order valence-electron chi connectivity index (χ1n) is 26.8. The maximum atomic E-state index is 12.8. The summed E-state index contributed by atoms with van der Waals surface area (Å²) in [5.74, 6) is -2.40. The molecule has 9 nitrogen and oxygen atoms in total. The van der Waals surface area contributed by atoms with Crippen molar-refractivity contribution in [3.05, 3.63) is 134 Å². The number of esters is 2. The maximum absolute atomic E-state index is 12.8. The zero-order valence-electron chi connectivity index (χ0n) is 44.6. The second-order valence-electron chi connectivity index (χ2n) is 18.4. The van der Waals surface area contributed by atoms with Crippen LogP contribution in [0.25, 0.3) is 0 Å². The molecule has 0 aromatic carbocycles. The minimum Gasteiger partial charge on any atom is -0.545 e. The van der Waals surface area contributed by atoms with Gasteiger partial charge in [-0.15, -0.1) is 0 Å². The molecule has 0 aliphatic heterocycles. The van der Waals surface area contributed by atoms with Crippen LogP contribution in [0.1, 0.15) is 174 Å². The fourth-order valence-electron chi connectivity index (χ4n) is 6.51. The summed E-state index contributed by atoms with van der Waals surface area (Å²) in [6.45, 7) is 4.50. The van der Waals surface area contributed by atoms with E-state index in [0.717, 1.165) is 96.3 Å². The number of quaternary nitrogens is 1. The third-order valence-electron chi connectivity index (χ3n) is 10.6. The first kappa shape index (κ1) is 65.4. The molecule has 0 fully saturated rings. The smallest absolute Gasteiger partial charge is 0.306 e. The van der Waals surface area contributed by atoms with Crippen LogP contribution < -0.4 is 5.11 Å². The molecule has 0 saturated heterocycles. The Hall–Kier alpha value is -4.57. The third kappa shape index (κ3) is 51.3. The van der Waals surface area contributed by atoms with E-state index in [1.54, 1.807) is 0 Å². The number of ether oxygens (including phenoxy) is 4. The minimum absolute atomic E-state index is 0.126. The number of carbonyl (C=O) groups excluding carboxylic acids is 3. The maximum Gasteiger partial charge on any atom is 0.306 e. The standard InChI is InChI=1S/C61H97NO8/c1-6-8-10-12-14-16-18-20-22-24-25-26-27-28-29-30-31-32-33-34-35-36-38-40-42-44-46-48-50-52-59(64)70-57(56-69-61(60(65)66)67-54-53-62(3,4)5)55-68-58(63)51-49-47-45-43-41-39-37-23-21-19-17-15-13-11-9-7-2/h8,10,14,16-17,19-20,22-23,25-26,28-29,31-32,34-35,37-38,40,44,46,57,61H,6-7,9,11-13,15,18,21,24,27,30,33,36,39,41-43,45,47-56H2,1-5H3/b10-8-,16-14-,19-17-,22-20-,26-25-,29-28-,32-31-,35-34-,37-23-,40-38-,46-44-. The number of nitrogens with zero attached hydrogens (tertiary/aromatic N) is 1. The van der Waals surface area contributed by atoms with Crippen molar-refractivity contribution in [2.75, 3.05) is 47.5 Å². The summed E-state index contributed by atoms with van der Waals surface area (Å²) >= 11 is 0. The lowest BCUT2D eigenvalue weighted by Gasteiger charge is -2.26. The van der Waals surface area contributed by atoms with Gasteiger partial charge >= 0.3 is 11.9 Å². The van der Waals surface area contributed by atoms with Crippen LogP contribution in [0, 0.1) is 0 Å².